The molecule has 0 aromatic heterocycles. The first-order valence-corrected chi connectivity index (χ1v) is 7.75. The Balaban J connectivity index is 1.90. The van der Waals surface area contributed by atoms with Gasteiger partial charge in [-0.25, -0.2) is 0 Å². The monoisotopic (exact) mass is 274 g/mol. The molecule has 1 aromatic carbocycles. The number of amides is 1. The van der Waals surface area contributed by atoms with E-state index in [4.69, 9.17) is 0 Å². The number of likely N-dealkylation sites (tertiary alicyclic amines) is 1. The zero-order valence-electron chi connectivity index (χ0n) is 12.7. The van der Waals surface area contributed by atoms with Gasteiger partial charge in [-0.15, -0.1) is 0 Å². The lowest BCUT2D eigenvalue weighted by molar-refractivity contribution is -0.126. The van der Waals surface area contributed by atoms with Crippen LogP contribution in [-0.4, -0.2) is 30.4 Å². The highest BCUT2D eigenvalue weighted by molar-refractivity contribution is 5.78. The topological polar surface area (TPSA) is 32.3 Å². The number of aryl methyl sites for hydroxylation is 1. The summed E-state index contributed by atoms with van der Waals surface area (Å²) in [4.78, 5) is 14.5. The third kappa shape index (κ3) is 4.07. The summed E-state index contributed by atoms with van der Waals surface area (Å²) in [6.45, 7) is 8.00. The van der Waals surface area contributed by atoms with Crippen LogP contribution >= 0.6 is 0 Å². The molecule has 1 saturated heterocycles. The fourth-order valence-electron chi connectivity index (χ4n) is 2.83. The number of carbonyl (C=O) groups excluding carboxylic acids is 1. The number of benzene rings is 1. The van der Waals surface area contributed by atoms with Gasteiger partial charge in [-0.1, -0.05) is 31.2 Å². The predicted octanol–water partition coefficient (Wildman–Crippen LogP) is 2.73. The maximum absolute atomic E-state index is 12.1. The molecule has 1 aliphatic rings. The summed E-state index contributed by atoms with van der Waals surface area (Å²) in [5.41, 5.74) is 2.71. The van der Waals surface area contributed by atoms with Crippen LogP contribution in [0, 0.1) is 12.8 Å². The smallest absolute Gasteiger partial charge is 0.224 e. The second-order valence-electron chi connectivity index (χ2n) is 5.79. The molecule has 1 atom stereocenters. The van der Waals surface area contributed by atoms with Crippen molar-refractivity contribution in [2.24, 2.45) is 5.92 Å². The van der Waals surface area contributed by atoms with Crippen molar-refractivity contribution in [3.05, 3.63) is 35.4 Å². The summed E-state index contributed by atoms with van der Waals surface area (Å²) in [6.07, 6.45) is 3.15. The first-order chi connectivity index (χ1) is 9.70. The number of carbonyl (C=O) groups is 1. The van der Waals surface area contributed by atoms with Gasteiger partial charge in [0.2, 0.25) is 5.91 Å². The minimum atomic E-state index is 0.166. The molecule has 1 heterocycles. The van der Waals surface area contributed by atoms with Crippen LogP contribution in [0.2, 0.25) is 0 Å². The SMILES string of the molecule is CCCNC(=O)C1CCCN(Cc2ccccc2C)C1. The van der Waals surface area contributed by atoms with E-state index in [0.29, 0.717) is 0 Å². The minimum Gasteiger partial charge on any atom is -0.356 e. The van der Waals surface area contributed by atoms with Gasteiger partial charge in [0.05, 0.1) is 5.92 Å². The first-order valence-electron chi connectivity index (χ1n) is 7.75. The van der Waals surface area contributed by atoms with Gasteiger partial charge in [-0.05, 0) is 43.9 Å². The number of rotatable bonds is 5. The molecule has 0 bridgehead atoms. The highest BCUT2D eigenvalue weighted by Gasteiger charge is 2.25. The fraction of sp³-hybridized carbons (Fsp3) is 0.588. The Morgan fingerprint density at radius 2 is 2.20 bits per heavy atom. The lowest BCUT2D eigenvalue weighted by atomic mass is 9.96. The Morgan fingerprint density at radius 3 is 2.95 bits per heavy atom. The van der Waals surface area contributed by atoms with Crippen LogP contribution < -0.4 is 5.32 Å². The fourth-order valence-corrected chi connectivity index (χ4v) is 2.83. The summed E-state index contributed by atoms with van der Waals surface area (Å²) in [7, 11) is 0. The zero-order chi connectivity index (χ0) is 14.4. The molecule has 1 amide bonds. The van der Waals surface area contributed by atoms with Crippen LogP contribution in [0.4, 0.5) is 0 Å². The normalized spacial score (nSPS) is 19.8. The van der Waals surface area contributed by atoms with Crippen LogP contribution in [0.5, 0.6) is 0 Å². The maximum atomic E-state index is 12.1. The van der Waals surface area contributed by atoms with Gasteiger partial charge in [0.15, 0.2) is 0 Å². The van der Waals surface area contributed by atoms with Crippen molar-refractivity contribution in [3.63, 3.8) is 0 Å². The molecule has 2 rings (SSSR count). The summed E-state index contributed by atoms with van der Waals surface area (Å²) >= 11 is 0. The second-order valence-corrected chi connectivity index (χ2v) is 5.79. The largest absolute Gasteiger partial charge is 0.356 e. The van der Waals surface area contributed by atoms with Gasteiger partial charge in [0.1, 0.15) is 0 Å². The van der Waals surface area contributed by atoms with E-state index in [1.165, 1.54) is 11.1 Å². The minimum absolute atomic E-state index is 0.166. The van der Waals surface area contributed by atoms with Crippen LogP contribution in [0.3, 0.4) is 0 Å². The molecule has 1 aromatic rings. The van der Waals surface area contributed by atoms with E-state index in [1.807, 2.05) is 0 Å². The van der Waals surface area contributed by atoms with Gasteiger partial charge < -0.3 is 5.32 Å². The van der Waals surface area contributed by atoms with Crippen molar-refractivity contribution in [2.75, 3.05) is 19.6 Å². The highest BCUT2D eigenvalue weighted by Crippen LogP contribution is 2.20. The van der Waals surface area contributed by atoms with Gasteiger partial charge in [-0.3, -0.25) is 9.69 Å². The number of nitrogens with zero attached hydrogens (tertiary/aromatic N) is 1. The van der Waals surface area contributed by atoms with E-state index in [1.54, 1.807) is 0 Å². The van der Waals surface area contributed by atoms with E-state index in [0.717, 1.165) is 45.4 Å². The van der Waals surface area contributed by atoms with E-state index < -0.39 is 0 Å². The van der Waals surface area contributed by atoms with Gasteiger partial charge in [0.25, 0.3) is 0 Å². The van der Waals surface area contributed by atoms with E-state index in [2.05, 4.69) is 48.3 Å². The zero-order valence-corrected chi connectivity index (χ0v) is 12.7. The summed E-state index contributed by atoms with van der Waals surface area (Å²) < 4.78 is 0. The average molecular weight is 274 g/mol. The highest BCUT2D eigenvalue weighted by atomic mass is 16.1. The molecule has 3 nitrogen and oxygen atoms in total. The van der Waals surface area contributed by atoms with E-state index >= 15 is 0 Å². The molecule has 0 saturated carbocycles. The van der Waals surface area contributed by atoms with Gasteiger partial charge in [0, 0.05) is 19.6 Å². The Kier molecular flexibility index (Phi) is 5.60. The number of hydrogen-bond donors (Lipinski definition) is 1. The Bertz CT molecular complexity index is 444. The molecule has 0 radical (unpaired) electrons. The van der Waals surface area contributed by atoms with Crippen LogP contribution in [0.15, 0.2) is 24.3 Å². The lowest BCUT2D eigenvalue weighted by Gasteiger charge is -2.32. The van der Waals surface area contributed by atoms with Crippen molar-refractivity contribution in [1.82, 2.24) is 10.2 Å². The molecule has 0 aliphatic carbocycles. The number of hydrogen-bond acceptors (Lipinski definition) is 2. The lowest BCUT2D eigenvalue weighted by Crippen LogP contribution is -2.42. The Morgan fingerprint density at radius 1 is 1.40 bits per heavy atom. The molecule has 1 N–H and O–H groups in total. The third-order valence-electron chi connectivity index (χ3n) is 4.08. The van der Waals surface area contributed by atoms with Crippen molar-refractivity contribution in [2.45, 2.75) is 39.7 Å². The molecular formula is C17H26N2O. The summed E-state index contributed by atoms with van der Waals surface area (Å²) in [5, 5.41) is 3.03. The molecule has 0 spiro atoms. The molecule has 20 heavy (non-hydrogen) atoms. The molecule has 110 valence electrons. The van der Waals surface area contributed by atoms with Crippen molar-refractivity contribution in [3.8, 4) is 0 Å². The van der Waals surface area contributed by atoms with Crippen molar-refractivity contribution >= 4 is 5.91 Å². The van der Waals surface area contributed by atoms with Crippen molar-refractivity contribution < 1.29 is 4.79 Å². The summed E-state index contributed by atoms with van der Waals surface area (Å²) in [6, 6.07) is 8.52. The molecule has 1 unspecified atom stereocenters. The van der Waals surface area contributed by atoms with Gasteiger partial charge in [-0.2, -0.15) is 0 Å². The molecule has 3 heteroatoms. The summed E-state index contributed by atoms with van der Waals surface area (Å²) in [5.74, 6) is 0.403. The number of nitrogens with one attached hydrogen (secondary N) is 1. The second kappa shape index (κ2) is 7.44. The van der Waals surface area contributed by atoms with E-state index in [9.17, 15) is 4.79 Å². The third-order valence-corrected chi connectivity index (χ3v) is 4.08. The van der Waals surface area contributed by atoms with Crippen LogP contribution in [0.1, 0.15) is 37.3 Å². The van der Waals surface area contributed by atoms with Crippen LogP contribution in [0.25, 0.3) is 0 Å². The molecular weight excluding hydrogens is 248 g/mol. The predicted molar refractivity (Wildman–Crippen MR) is 82.5 cm³/mol. The quantitative estimate of drug-likeness (QED) is 0.895. The van der Waals surface area contributed by atoms with Crippen molar-refractivity contribution in [1.29, 1.82) is 0 Å². The number of piperidine rings is 1. The molecule has 1 aliphatic heterocycles. The Hall–Kier alpha value is -1.35. The standard InChI is InChI=1S/C17H26N2O/c1-3-10-18-17(20)16-9-6-11-19(13-16)12-15-8-5-4-7-14(15)2/h4-5,7-8,16H,3,6,9-13H2,1-2H3,(H,18,20). The Labute approximate surface area is 122 Å². The molecule has 1 fully saturated rings. The van der Waals surface area contributed by atoms with E-state index in [-0.39, 0.29) is 11.8 Å². The maximum Gasteiger partial charge on any atom is 0.224 e. The van der Waals surface area contributed by atoms with Crippen LogP contribution in [-0.2, 0) is 11.3 Å². The average Bonchev–Trinajstić information content (AvgIpc) is 2.47. The van der Waals surface area contributed by atoms with Gasteiger partial charge >= 0.3 is 0 Å². The first kappa shape index (κ1) is 15.0.